The van der Waals surface area contributed by atoms with Gasteiger partial charge in [-0.3, -0.25) is 18.6 Å². The molecule has 0 radical (unpaired) electrons. The van der Waals surface area contributed by atoms with Crippen LogP contribution < -0.4 is 5.56 Å². The fourth-order valence-electron chi connectivity index (χ4n) is 2.64. The van der Waals surface area contributed by atoms with Crippen LogP contribution in [0.5, 0.6) is 0 Å². The van der Waals surface area contributed by atoms with Gasteiger partial charge in [-0.25, -0.2) is 4.39 Å². The predicted molar refractivity (Wildman–Crippen MR) is 108 cm³/mol. The molecule has 2 aromatic carbocycles. The number of carbonyl (C=O) groups excluding carboxylic acids is 1. The molecule has 0 saturated carbocycles. The van der Waals surface area contributed by atoms with E-state index in [-0.39, 0.29) is 17.2 Å². The predicted octanol–water partition coefficient (Wildman–Crippen LogP) is 3.76. The Bertz CT molecular complexity index is 1240. The second-order valence-corrected chi connectivity index (χ2v) is 7.71. The van der Waals surface area contributed by atoms with Crippen LogP contribution in [0.1, 0.15) is 10.4 Å². The number of benzene rings is 2. The van der Waals surface area contributed by atoms with Crippen molar-refractivity contribution in [2.24, 2.45) is 0 Å². The first-order valence-corrected chi connectivity index (χ1v) is 9.95. The highest BCUT2D eigenvalue weighted by Gasteiger charge is 2.14. The zero-order valence-corrected chi connectivity index (χ0v) is 16.7. The van der Waals surface area contributed by atoms with E-state index in [1.54, 1.807) is 36.5 Å². The highest BCUT2D eigenvalue weighted by atomic mass is 79.9. The molecule has 0 unspecified atom stereocenters. The van der Waals surface area contributed by atoms with Gasteiger partial charge < -0.3 is 0 Å². The Morgan fingerprint density at radius 1 is 1.11 bits per heavy atom. The van der Waals surface area contributed by atoms with E-state index in [1.165, 1.54) is 45.1 Å². The molecule has 0 bridgehead atoms. The topological polar surface area (TPSA) is 69.3 Å². The van der Waals surface area contributed by atoms with Crippen molar-refractivity contribution in [1.29, 1.82) is 0 Å². The number of aromatic nitrogens is 4. The molecule has 4 rings (SSSR count). The second-order valence-electron chi connectivity index (χ2n) is 5.85. The quantitative estimate of drug-likeness (QED) is 0.336. The summed E-state index contributed by atoms with van der Waals surface area (Å²) < 4.78 is 17.2. The third-order valence-electron chi connectivity index (χ3n) is 4.02. The number of nitrogens with zero attached hydrogens (tertiary/aromatic N) is 4. The molecule has 0 saturated heterocycles. The van der Waals surface area contributed by atoms with Gasteiger partial charge in [0.05, 0.1) is 11.4 Å². The number of hydrogen-bond acceptors (Lipinski definition) is 5. The lowest BCUT2D eigenvalue weighted by Gasteiger charge is -2.06. The second kappa shape index (κ2) is 7.69. The number of hydrogen-bond donors (Lipinski definition) is 0. The number of thioether (sulfide) groups is 1. The van der Waals surface area contributed by atoms with Crippen LogP contribution in [0.15, 0.2) is 75.3 Å². The first-order chi connectivity index (χ1) is 13.5. The van der Waals surface area contributed by atoms with Crippen molar-refractivity contribution < 1.29 is 9.18 Å². The van der Waals surface area contributed by atoms with Gasteiger partial charge in [-0.1, -0.05) is 45.9 Å². The number of Topliss-reactive ketones (excluding diaryl/α,β-unsaturated/α-hetero) is 1. The summed E-state index contributed by atoms with van der Waals surface area (Å²) in [4.78, 5) is 25.0. The maximum absolute atomic E-state index is 13.5. The van der Waals surface area contributed by atoms with Crippen molar-refractivity contribution >= 4 is 39.1 Å². The van der Waals surface area contributed by atoms with Crippen molar-refractivity contribution in [2.75, 3.05) is 5.75 Å². The van der Waals surface area contributed by atoms with Gasteiger partial charge in [-0.15, -0.1) is 10.2 Å². The number of halogens is 2. The summed E-state index contributed by atoms with van der Waals surface area (Å²) >= 11 is 4.53. The number of rotatable bonds is 5. The lowest BCUT2D eigenvalue weighted by Crippen LogP contribution is -2.20. The fraction of sp³-hybridized carbons (Fsp3) is 0.0526. The van der Waals surface area contributed by atoms with E-state index in [0.717, 1.165) is 4.47 Å². The first kappa shape index (κ1) is 18.6. The van der Waals surface area contributed by atoms with Crippen molar-refractivity contribution in [3.63, 3.8) is 0 Å². The third kappa shape index (κ3) is 3.63. The van der Waals surface area contributed by atoms with Crippen LogP contribution in [0.4, 0.5) is 4.39 Å². The molecule has 0 aliphatic carbocycles. The number of ketones is 1. The third-order valence-corrected chi connectivity index (χ3v) is 5.50. The summed E-state index contributed by atoms with van der Waals surface area (Å²) in [6.07, 6.45) is 3.14. The average Bonchev–Trinajstić information content (AvgIpc) is 3.11. The molecule has 0 fully saturated rings. The Kier molecular flexibility index (Phi) is 5.10. The van der Waals surface area contributed by atoms with Crippen LogP contribution in [0.2, 0.25) is 0 Å². The molecular weight excluding hydrogens is 447 g/mol. The average molecular weight is 459 g/mol. The Labute approximate surface area is 171 Å². The standard InChI is InChI=1S/C19H12BrFN4O2S/c20-13-6-4-12(5-7-13)16(26)11-28-19-23-22-17-18(27)24(8-9-25(17)19)15-3-1-2-14(21)10-15/h1-10H,11H2. The summed E-state index contributed by atoms with van der Waals surface area (Å²) in [6, 6.07) is 12.8. The summed E-state index contributed by atoms with van der Waals surface area (Å²) in [7, 11) is 0. The lowest BCUT2D eigenvalue weighted by molar-refractivity contribution is 0.102. The maximum atomic E-state index is 13.5. The first-order valence-electron chi connectivity index (χ1n) is 8.17. The van der Waals surface area contributed by atoms with Gasteiger partial charge in [-0.2, -0.15) is 0 Å². The van der Waals surface area contributed by atoms with E-state index in [9.17, 15) is 14.0 Å². The van der Waals surface area contributed by atoms with E-state index in [2.05, 4.69) is 26.1 Å². The van der Waals surface area contributed by atoms with E-state index >= 15 is 0 Å². The SMILES string of the molecule is O=C(CSc1nnc2c(=O)n(-c3cccc(F)c3)ccn12)c1ccc(Br)cc1. The normalized spacial score (nSPS) is 11.1. The number of fused-ring (bicyclic) bond motifs is 1. The van der Waals surface area contributed by atoms with Gasteiger partial charge in [-0.05, 0) is 30.3 Å². The van der Waals surface area contributed by atoms with E-state index in [4.69, 9.17) is 0 Å². The minimum absolute atomic E-state index is 0.0534. The van der Waals surface area contributed by atoms with Crippen molar-refractivity contribution in [3.05, 3.63) is 87.1 Å². The Hall–Kier alpha value is -2.78. The molecule has 4 aromatic rings. The van der Waals surface area contributed by atoms with Crippen LogP contribution in [-0.4, -0.2) is 30.7 Å². The van der Waals surface area contributed by atoms with Gasteiger partial charge in [0.1, 0.15) is 5.82 Å². The maximum Gasteiger partial charge on any atom is 0.300 e. The van der Waals surface area contributed by atoms with Crippen molar-refractivity contribution in [1.82, 2.24) is 19.2 Å². The molecule has 0 atom stereocenters. The highest BCUT2D eigenvalue weighted by molar-refractivity contribution is 9.10. The minimum atomic E-state index is -0.437. The summed E-state index contributed by atoms with van der Waals surface area (Å²) in [6.45, 7) is 0. The van der Waals surface area contributed by atoms with E-state index in [1.807, 2.05) is 0 Å². The molecule has 9 heteroatoms. The largest absolute Gasteiger partial charge is 0.300 e. The summed E-state index contributed by atoms with van der Waals surface area (Å²) in [5, 5.41) is 8.39. The molecule has 2 aromatic heterocycles. The molecule has 140 valence electrons. The molecule has 28 heavy (non-hydrogen) atoms. The zero-order valence-electron chi connectivity index (χ0n) is 14.3. The van der Waals surface area contributed by atoms with E-state index < -0.39 is 11.4 Å². The van der Waals surface area contributed by atoms with Crippen LogP contribution in [0.25, 0.3) is 11.3 Å². The monoisotopic (exact) mass is 458 g/mol. The number of carbonyl (C=O) groups is 1. The minimum Gasteiger partial charge on any atom is -0.293 e. The van der Waals surface area contributed by atoms with Gasteiger partial charge in [0.25, 0.3) is 0 Å². The zero-order chi connectivity index (χ0) is 19.7. The molecule has 2 heterocycles. The van der Waals surface area contributed by atoms with Crippen LogP contribution in [-0.2, 0) is 0 Å². The molecule has 0 N–H and O–H groups in total. The molecular formula is C19H12BrFN4O2S. The summed E-state index contributed by atoms with van der Waals surface area (Å²) in [5.74, 6) is -0.328. The van der Waals surface area contributed by atoms with Crippen molar-refractivity contribution in [2.45, 2.75) is 5.16 Å². The summed E-state index contributed by atoms with van der Waals surface area (Å²) in [5.41, 5.74) is 0.671. The Morgan fingerprint density at radius 3 is 2.64 bits per heavy atom. The lowest BCUT2D eigenvalue weighted by atomic mass is 10.2. The molecule has 0 aliphatic rings. The molecule has 6 nitrogen and oxygen atoms in total. The van der Waals surface area contributed by atoms with Gasteiger partial charge in [0, 0.05) is 22.4 Å². The fourth-order valence-corrected chi connectivity index (χ4v) is 3.72. The van der Waals surface area contributed by atoms with E-state index in [0.29, 0.717) is 16.4 Å². The van der Waals surface area contributed by atoms with Gasteiger partial charge in [0.15, 0.2) is 10.9 Å². The van der Waals surface area contributed by atoms with Gasteiger partial charge >= 0.3 is 5.56 Å². The smallest absolute Gasteiger partial charge is 0.293 e. The molecule has 0 spiro atoms. The Balaban J connectivity index is 1.59. The van der Waals surface area contributed by atoms with Crippen LogP contribution in [0.3, 0.4) is 0 Å². The van der Waals surface area contributed by atoms with Crippen molar-refractivity contribution in [3.8, 4) is 5.69 Å². The van der Waals surface area contributed by atoms with Gasteiger partial charge in [0.2, 0.25) is 5.65 Å². The Morgan fingerprint density at radius 2 is 1.89 bits per heavy atom. The van der Waals surface area contributed by atoms with Crippen LogP contribution >= 0.6 is 27.7 Å². The highest BCUT2D eigenvalue weighted by Crippen LogP contribution is 2.19. The molecule has 0 amide bonds. The molecule has 0 aliphatic heterocycles. The van der Waals surface area contributed by atoms with Crippen LogP contribution in [0, 0.1) is 5.82 Å².